The number of rotatable bonds is 13. The summed E-state index contributed by atoms with van der Waals surface area (Å²) in [6, 6.07) is 0. The van der Waals surface area contributed by atoms with Gasteiger partial charge < -0.3 is 19.9 Å². The number of nitrogens with zero attached hydrogens (tertiary/aromatic N) is 3. The number of nitrogens with two attached hydrogens (primary N) is 1. The number of unbranched alkanes of at least 4 members (excludes halogenated alkanes) is 1. The fourth-order valence-electron chi connectivity index (χ4n) is 1.48. The third-order valence-corrected chi connectivity index (χ3v) is 2.62. The van der Waals surface area contributed by atoms with Crippen LogP contribution in [0.4, 0.5) is 0 Å². The van der Waals surface area contributed by atoms with Crippen LogP contribution in [0.3, 0.4) is 0 Å². The van der Waals surface area contributed by atoms with Crippen molar-refractivity contribution in [2.75, 3.05) is 39.6 Å². The van der Waals surface area contributed by atoms with Crippen molar-refractivity contribution in [2.45, 2.75) is 32.9 Å². The van der Waals surface area contributed by atoms with E-state index in [0.29, 0.717) is 51.9 Å². The number of hydrogen-bond acceptors (Lipinski definition) is 6. The van der Waals surface area contributed by atoms with Gasteiger partial charge in [-0.2, -0.15) is 5.10 Å². The summed E-state index contributed by atoms with van der Waals surface area (Å²) in [6.07, 6.45) is 3.93. The Hall–Kier alpha value is -1.02. The molecule has 0 saturated carbocycles. The maximum absolute atomic E-state index is 5.44. The molecular weight excluding hydrogens is 260 g/mol. The zero-order valence-electron chi connectivity index (χ0n) is 12.3. The van der Waals surface area contributed by atoms with Crippen molar-refractivity contribution in [2.24, 2.45) is 5.73 Å². The summed E-state index contributed by atoms with van der Waals surface area (Å²) in [7, 11) is 0. The molecule has 1 aromatic rings. The van der Waals surface area contributed by atoms with Gasteiger partial charge in [-0.3, -0.25) is 4.68 Å². The molecule has 0 atom stereocenters. The van der Waals surface area contributed by atoms with Crippen LogP contribution in [0.5, 0.6) is 0 Å². The lowest BCUT2D eigenvalue weighted by Gasteiger charge is -2.06. The number of hydrogen-bond donors (Lipinski definition) is 1. The van der Waals surface area contributed by atoms with Gasteiger partial charge in [-0.15, -0.1) is 0 Å². The van der Waals surface area contributed by atoms with Crippen molar-refractivity contribution < 1.29 is 14.2 Å². The normalized spacial score (nSPS) is 11.1. The maximum Gasteiger partial charge on any atom is 0.164 e. The van der Waals surface area contributed by atoms with Gasteiger partial charge in [-0.25, -0.2) is 4.98 Å². The molecule has 7 heteroatoms. The molecule has 0 aliphatic rings. The maximum atomic E-state index is 5.44. The van der Waals surface area contributed by atoms with Gasteiger partial charge in [-0.05, 0) is 6.42 Å². The molecule has 0 saturated heterocycles. The van der Waals surface area contributed by atoms with Crippen molar-refractivity contribution in [3.05, 3.63) is 12.2 Å². The fraction of sp³-hybridized carbons (Fsp3) is 0.846. The minimum Gasteiger partial charge on any atom is -0.379 e. The second-order valence-corrected chi connectivity index (χ2v) is 4.32. The summed E-state index contributed by atoms with van der Waals surface area (Å²) in [5.74, 6) is 0.649. The highest BCUT2D eigenvalue weighted by Gasteiger charge is 1.98. The van der Waals surface area contributed by atoms with E-state index in [1.54, 1.807) is 11.0 Å². The van der Waals surface area contributed by atoms with E-state index in [9.17, 15) is 0 Å². The molecular formula is C13H26N4O3. The first-order valence-corrected chi connectivity index (χ1v) is 7.18. The Morgan fingerprint density at radius 2 is 1.70 bits per heavy atom. The standard InChI is InChI=1S/C13H26N4O3/c1-2-3-5-18-7-9-20-10-8-19-6-4-17-12-15-13(11-14)16-17/h12H,2-11,14H2,1H3. The SMILES string of the molecule is CCCCOCCOCCOCCn1cnc(CN)n1. The Kier molecular flexibility index (Phi) is 10.0. The largest absolute Gasteiger partial charge is 0.379 e. The first kappa shape index (κ1) is 17.0. The first-order chi connectivity index (χ1) is 9.86. The van der Waals surface area contributed by atoms with Crippen LogP contribution in [0.1, 0.15) is 25.6 Å². The van der Waals surface area contributed by atoms with Crippen molar-refractivity contribution >= 4 is 0 Å². The summed E-state index contributed by atoms with van der Waals surface area (Å²) in [4.78, 5) is 4.04. The lowest BCUT2D eigenvalue weighted by molar-refractivity contribution is 0.0123. The van der Waals surface area contributed by atoms with E-state index in [0.717, 1.165) is 19.4 Å². The average molecular weight is 286 g/mol. The van der Waals surface area contributed by atoms with E-state index in [1.165, 1.54) is 0 Å². The molecule has 0 bridgehead atoms. The van der Waals surface area contributed by atoms with Gasteiger partial charge in [0.25, 0.3) is 0 Å². The highest BCUT2D eigenvalue weighted by molar-refractivity contribution is 4.78. The number of ether oxygens (including phenoxy) is 3. The molecule has 1 heterocycles. The summed E-state index contributed by atoms with van der Waals surface area (Å²) < 4.78 is 17.9. The first-order valence-electron chi connectivity index (χ1n) is 7.18. The quantitative estimate of drug-likeness (QED) is 0.534. The molecule has 0 fully saturated rings. The van der Waals surface area contributed by atoms with E-state index in [1.807, 2.05) is 0 Å². The van der Waals surface area contributed by atoms with Crippen LogP contribution in [0.2, 0.25) is 0 Å². The Balaban J connectivity index is 1.83. The predicted octanol–water partition coefficient (Wildman–Crippen LogP) is 0.587. The third kappa shape index (κ3) is 8.21. The van der Waals surface area contributed by atoms with Crippen LogP contribution in [0, 0.1) is 0 Å². The number of aromatic nitrogens is 3. The Labute approximate surface area is 120 Å². The van der Waals surface area contributed by atoms with Gasteiger partial charge in [0.2, 0.25) is 0 Å². The van der Waals surface area contributed by atoms with Crippen LogP contribution in [0.15, 0.2) is 6.33 Å². The molecule has 0 aromatic carbocycles. The van der Waals surface area contributed by atoms with Crippen LogP contribution < -0.4 is 5.73 Å². The van der Waals surface area contributed by atoms with Crippen molar-refractivity contribution in [1.82, 2.24) is 14.8 Å². The lowest BCUT2D eigenvalue weighted by atomic mass is 10.4. The highest BCUT2D eigenvalue weighted by atomic mass is 16.5. The Bertz CT molecular complexity index is 333. The van der Waals surface area contributed by atoms with Crippen LogP contribution in [-0.4, -0.2) is 54.4 Å². The molecule has 0 aliphatic carbocycles. The van der Waals surface area contributed by atoms with Crippen LogP contribution in [-0.2, 0) is 27.3 Å². The molecule has 116 valence electrons. The molecule has 2 N–H and O–H groups in total. The second kappa shape index (κ2) is 11.8. The van der Waals surface area contributed by atoms with E-state index < -0.39 is 0 Å². The third-order valence-electron chi connectivity index (χ3n) is 2.62. The zero-order chi connectivity index (χ0) is 14.5. The molecule has 1 aromatic heterocycles. The molecule has 7 nitrogen and oxygen atoms in total. The molecule has 0 unspecified atom stereocenters. The molecule has 20 heavy (non-hydrogen) atoms. The van der Waals surface area contributed by atoms with Gasteiger partial charge in [0.15, 0.2) is 5.82 Å². The Morgan fingerprint density at radius 1 is 1.05 bits per heavy atom. The highest BCUT2D eigenvalue weighted by Crippen LogP contribution is 1.90. The molecule has 0 radical (unpaired) electrons. The predicted molar refractivity (Wildman–Crippen MR) is 75.3 cm³/mol. The van der Waals surface area contributed by atoms with E-state index in [4.69, 9.17) is 19.9 Å². The fourth-order valence-corrected chi connectivity index (χ4v) is 1.48. The van der Waals surface area contributed by atoms with E-state index >= 15 is 0 Å². The summed E-state index contributed by atoms with van der Waals surface area (Å²) in [5.41, 5.74) is 5.43. The van der Waals surface area contributed by atoms with Crippen LogP contribution >= 0.6 is 0 Å². The smallest absolute Gasteiger partial charge is 0.164 e. The average Bonchev–Trinajstić information content (AvgIpc) is 2.93. The summed E-state index contributed by atoms with van der Waals surface area (Å²) in [6.45, 7) is 7.03. The van der Waals surface area contributed by atoms with E-state index in [2.05, 4.69) is 17.0 Å². The van der Waals surface area contributed by atoms with Gasteiger partial charge in [0.1, 0.15) is 6.33 Å². The van der Waals surface area contributed by atoms with Gasteiger partial charge in [0.05, 0.1) is 46.1 Å². The minimum atomic E-state index is 0.363. The van der Waals surface area contributed by atoms with Gasteiger partial charge in [0, 0.05) is 6.61 Å². The molecule has 0 amide bonds. The van der Waals surface area contributed by atoms with Crippen LogP contribution in [0.25, 0.3) is 0 Å². The summed E-state index contributed by atoms with van der Waals surface area (Å²) in [5, 5.41) is 4.16. The zero-order valence-corrected chi connectivity index (χ0v) is 12.3. The lowest BCUT2D eigenvalue weighted by Crippen LogP contribution is -2.12. The molecule has 1 rings (SSSR count). The monoisotopic (exact) mass is 286 g/mol. The van der Waals surface area contributed by atoms with E-state index in [-0.39, 0.29) is 0 Å². The van der Waals surface area contributed by atoms with Gasteiger partial charge >= 0.3 is 0 Å². The second-order valence-electron chi connectivity index (χ2n) is 4.32. The van der Waals surface area contributed by atoms with Crippen molar-refractivity contribution in [3.63, 3.8) is 0 Å². The Morgan fingerprint density at radius 3 is 2.30 bits per heavy atom. The van der Waals surface area contributed by atoms with Crippen molar-refractivity contribution in [1.29, 1.82) is 0 Å². The van der Waals surface area contributed by atoms with Crippen molar-refractivity contribution in [3.8, 4) is 0 Å². The topological polar surface area (TPSA) is 84.4 Å². The summed E-state index contributed by atoms with van der Waals surface area (Å²) >= 11 is 0. The molecule has 0 aliphatic heterocycles. The van der Waals surface area contributed by atoms with Gasteiger partial charge in [-0.1, -0.05) is 13.3 Å². The molecule has 0 spiro atoms. The minimum absolute atomic E-state index is 0.363.